The molecule has 0 aliphatic carbocycles. The van der Waals surface area contributed by atoms with Gasteiger partial charge in [0.15, 0.2) is 4.34 Å². The molecule has 0 radical (unpaired) electrons. The van der Waals surface area contributed by atoms with E-state index in [0.717, 1.165) is 14.6 Å². The van der Waals surface area contributed by atoms with E-state index in [0.29, 0.717) is 11.4 Å². The monoisotopic (exact) mass is 413 g/mol. The summed E-state index contributed by atoms with van der Waals surface area (Å²) in [5.41, 5.74) is 1.89. The molecule has 3 aromatic rings. The van der Waals surface area contributed by atoms with Crippen LogP contribution in [0.3, 0.4) is 0 Å². The number of nitrogens with zero attached hydrogens (tertiary/aromatic N) is 3. The third-order valence-electron chi connectivity index (χ3n) is 4.44. The molecule has 2 amide bonds. The van der Waals surface area contributed by atoms with Crippen LogP contribution in [0.2, 0.25) is 0 Å². The molecule has 0 saturated heterocycles. The number of para-hydroxylation sites is 1. The zero-order valence-corrected chi connectivity index (χ0v) is 16.4. The molecule has 0 saturated carbocycles. The van der Waals surface area contributed by atoms with Gasteiger partial charge in [-0.3, -0.25) is 9.59 Å². The van der Waals surface area contributed by atoms with Crippen molar-refractivity contribution in [2.45, 2.75) is 4.34 Å². The van der Waals surface area contributed by atoms with E-state index in [1.54, 1.807) is 13.1 Å². The predicted molar refractivity (Wildman–Crippen MR) is 110 cm³/mol. The van der Waals surface area contributed by atoms with Gasteiger partial charge in [-0.1, -0.05) is 23.9 Å². The Bertz CT molecular complexity index is 1080. The van der Waals surface area contributed by atoms with Crippen LogP contribution in [0, 0.1) is 0 Å². The van der Waals surface area contributed by atoms with Crippen LogP contribution in [-0.2, 0) is 9.59 Å². The van der Waals surface area contributed by atoms with Gasteiger partial charge in [0, 0.05) is 7.05 Å². The first-order valence-electron chi connectivity index (χ1n) is 8.36. The molecular weight excluding hydrogens is 398 g/mol. The summed E-state index contributed by atoms with van der Waals surface area (Å²) in [7, 11) is 1.61. The quantitative estimate of drug-likeness (QED) is 0.661. The van der Waals surface area contributed by atoms with Gasteiger partial charge < -0.3 is 14.9 Å². The zero-order chi connectivity index (χ0) is 19.8. The Balaban J connectivity index is 1.58. The lowest BCUT2D eigenvalue weighted by Gasteiger charge is -2.34. The Labute approximate surface area is 168 Å². The largest absolute Gasteiger partial charge is 0.478 e. The number of thiazole rings is 1. The summed E-state index contributed by atoms with van der Waals surface area (Å²) in [6, 6.07) is 12.1. The summed E-state index contributed by atoms with van der Waals surface area (Å²) in [5, 5.41) is 9.26. The third kappa shape index (κ3) is 3.34. The number of hydrogen-bond acceptors (Lipinski definition) is 6. The van der Waals surface area contributed by atoms with Gasteiger partial charge in [-0.2, -0.15) is 0 Å². The van der Waals surface area contributed by atoms with E-state index in [1.807, 2.05) is 24.3 Å². The maximum Gasteiger partial charge on any atom is 0.335 e. The molecule has 28 heavy (non-hydrogen) atoms. The normalized spacial score (nSPS) is 13.7. The van der Waals surface area contributed by atoms with Crippen LogP contribution in [-0.4, -0.2) is 47.2 Å². The number of carbonyl (C=O) groups is 3. The number of carboxylic acids is 1. The van der Waals surface area contributed by atoms with Gasteiger partial charge in [0.1, 0.15) is 6.54 Å². The minimum atomic E-state index is -1.08. The molecule has 1 aliphatic heterocycles. The fraction of sp³-hybridized carbons (Fsp3) is 0.158. The first-order valence-corrected chi connectivity index (χ1v) is 10.2. The molecule has 4 rings (SSSR count). The second kappa shape index (κ2) is 7.25. The molecule has 2 heterocycles. The van der Waals surface area contributed by atoms with Gasteiger partial charge in [-0.05, 0) is 30.3 Å². The SMILES string of the molecule is CN1C(=O)CN(C(=O)CSc2nc3ccccc3s2)c2cc(C(=O)O)ccc21. The zero-order valence-electron chi connectivity index (χ0n) is 14.8. The number of aromatic carboxylic acids is 1. The molecule has 0 atom stereocenters. The predicted octanol–water partition coefficient (Wildman–Crippen LogP) is 3.10. The van der Waals surface area contributed by atoms with Crippen molar-refractivity contribution in [3.05, 3.63) is 48.0 Å². The number of fused-ring (bicyclic) bond motifs is 2. The van der Waals surface area contributed by atoms with Gasteiger partial charge >= 0.3 is 5.97 Å². The number of carbonyl (C=O) groups excluding carboxylic acids is 2. The Morgan fingerprint density at radius 3 is 2.75 bits per heavy atom. The lowest BCUT2D eigenvalue weighted by molar-refractivity contribution is -0.121. The summed E-state index contributed by atoms with van der Waals surface area (Å²) < 4.78 is 1.82. The molecule has 0 spiro atoms. The molecule has 1 N–H and O–H groups in total. The van der Waals surface area contributed by atoms with Crippen LogP contribution in [0.4, 0.5) is 11.4 Å². The maximum absolute atomic E-state index is 12.8. The first-order chi connectivity index (χ1) is 13.4. The molecule has 142 valence electrons. The Kier molecular flexibility index (Phi) is 4.78. The van der Waals surface area contributed by atoms with Gasteiger partial charge in [-0.15, -0.1) is 11.3 Å². The summed E-state index contributed by atoms with van der Waals surface area (Å²) in [4.78, 5) is 43.7. The standard InChI is InChI=1S/C19H15N3O4S2/c1-21-13-7-6-11(18(25)26)8-14(13)22(9-16(21)23)17(24)10-27-19-20-12-4-2-3-5-15(12)28-19/h2-8H,9-10H2,1H3,(H,25,26). The minimum Gasteiger partial charge on any atom is -0.478 e. The molecule has 2 aromatic carbocycles. The van der Waals surface area contributed by atoms with Crippen LogP contribution < -0.4 is 9.80 Å². The van der Waals surface area contributed by atoms with Crippen LogP contribution in [0.15, 0.2) is 46.8 Å². The van der Waals surface area contributed by atoms with Crippen molar-refractivity contribution >= 4 is 62.5 Å². The van der Waals surface area contributed by atoms with Gasteiger partial charge in [-0.25, -0.2) is 9.78 Å². The summed E-state index contributed by atoms with van der Waals surface area (Å²) in [5.74, 6) is -1.48. The van der Waals surface area contributed by atoms with Crippen LogP contribution in [0.1, 0.15) is 10.4 Å². The number of rotatable bonds is 4. The van der Waals surface area contributed by atoms with Crippen LogP contribution in [0.25, 0.3) is 10.2 Å². The van der Waals surface area contributed by atoms with E-state index in [2.05, 4.69) is 4.98 Å². The van der Waals surface area contributed by atoms with E-state index < -0.39 is 5.97 Å². The Morgan fingerprint density at radius 1 is 1.21 bits per heavy atom. The maximum atomic E-state index is 12.8. The van der Waals surface area contributed by atoms with E-state index in [4.69, 9.17) is 0 Å². The lowest BCUT2D eigenvalue weighted by Crippen LogP contribution is -2.47. The molecule has 1 aromatic heterocycles. The molecule has 0 fully saturated rings. The van der Waals surface area contributed by atoms with Gasteiger partial charge in [0.25, 0.3) is 0 Å². The van der Waals surface area contributed by atoms with E-state index in [9.17, 15) is 19.5 Å². The molecule has 0 bridgehead atoms. The minimum absolute atomic E-state index is 0.0677. The number of carboxylic acid groups (broad SMARTS) is 1. The molecule has 1 aliphatic rings. The summed E-state index contributed by atoms with van der Waals surface area (Å²) in [6.07, 6.45) is 0. The van der Waals surface area contributed by atoms with Crippen molar-refractivity contribution in [3.63, 3.8) is 0 Å². The molecule has 0 unspecified atom stereocenters. The highest BCUT2D eigenvalue weighted by Crippen LogP contribution is 2.35. The number of aromatic nitrogens is 1. The second-order valence-corrected chi connectivity index (χ2v) is 8.43. The van der Waals surface area contributed by atoms with E-state index in [-0.39, 0.29) is 29.7 Å². The summed E-state index contributed by atoms with van der Waals surface area (Å²) in [6.45, 7) is -0.119. The van der Waals surface area contributed by atoms with E-state index >= 15 is 0 Å². The fourth-order valence-electron chi connectivity index (χ4n) is 2.95. The smallest absolute Gasteiger partial charge is 0.335 e. The Hall–Kier alpha value is -2.91. The van der Waals surface area contributed by atoms with Crippen LogP contribution in [0.5, 0.6) is 0 Å². The number of likely N-dealkylation sites (N-methyl/N-ethyl adjacent to an activating group) is 1. The molecule has 7 nitrogen and oxygen atoms in total. The van der Waals surface area contributed by atoms with Gasteiger partial charge in [0.2, 0.25) is 11.8 Å². The highest BCUT2D eigenvalue weighted by molar-refractivity contribution is 8.01. The van der Waals surface area contributed by atoms with Crippen molar-refractivity contribution in [3.8, 4) is 0 Å². The fourth-order valence-corrected chi connectivity index (χ4v) is 4.90. The molecular formula is C19H15N3O4S2. The van der Waals surface area contributed by atoms with Crippen molar-refractivity contribution in [1.82, 2.24) is 4.98 Å². The number of anilines is 2. The average Bonchev–Trinajstić information content (AvgIpc) is 3.11. The van der Waals surface area contributed by atoms with E-state index in [1.165, 1.54) is 45.0 Å². The Morgan fingerprint density at radius 2 is 2.00 bits per heavy atom. The van der Waals surface area contributed by atoms with Gasteiger partial charge in [0.05, 0.1) is 32.9 Å². The highest BCUT2D eigenvalue weighted by atomic mass is 32.2. The number of benzene rings is 2. The molecule has 9 heteroatoms. The van der Waals surface area contributed by atoms with Crippen molar-refractivity contribution in [1.29, 1.82) is 0 Å². The third-order valence-corrected chi connectivity index (χ3v) is 6.60. The average molecular weight is 413 g/mol. The number of amides is 2. The lowest BCUT2D eigenvalue weighted by atomic mass is 10.1. The number of thioether (sulfide) groups is 1. The number of hydrogen-bond donors (Lipinski definition) is 1. The van der Waals surface area contributed by atoms with Crippen molar-refractivity contribution in [2.75, 3.05) is 29.1 Å². The van der Waals surface area contributed by atoms with Crippen molar-refractivity contribution < 1.29 is 19.5 Å². The highest BCUT2D eigenvalue weighted by Gasteiger charge is 2.31. The second-order valence-electron chi connectivity index (χ2n) is 6.18. The topological polar surface area (TPSA) is 90.8 Å². The first kappa shape index (κ1) is 18.5. The van der Waals surface area contributed by atoms with Crippen LogP contribution >= 0.6 is 23.1 Å². The summed E-state index contributed by atoms with van der Waals surface area (Å²) >= 11 is 2.82. The van der Waals surface area contributed by atoms with Crippen molar-refractivity contribution in [2.24, 2.45) is 0 Å².